The third-order valence-electron chi connectivity index (χ3n) is 3.41. The Morgan fingerprint density at radius 3 is 2.56 bits per heavy atom. The Morgan fingerprint density at radius 1 is 1.31 bits per heavy atom. The van der Waals surface area contributed by atoms with Gasteiger partial charge in [0.1, 0.15) is 0 Å². The normalized spacial score (nSPS) is 25.6. The van der Waals surface area contributed by atoms with Crippen LogP contribution in [0.15, 0.2) is 0 Å². The van der Waals surface area contributed by atoms with E-state index in [1.54, 1.807) is 0 Å². The number of hydrogen-bond acceptors (Lipinski definition) is 4. The number of nitrogens with one attached hydrogen (secondary N) is 1. The van der Waals surface area contributed by atoms with Crippen LogP contribution in [-0.2, 0) is 9.53 Å². The van der Waals surface area contributed by atoms with Gasteiger partial charge in [0.15, 0.2) is 0 Å². The Kier molecular flexibility index (Phi) is 3.78. The van der Waals surface area contributed by atoms with Crippen LogP contribution in [0.4, 0.5) is 0 Å². The van der Waals surface area contributed by atoms with Crippen LogP contribution in [0, 0.1) is 0 Å². The quantitative estimate of drug-likeness (QED) is 0.713. The van der Waals surface area contributed by atoms with Crippen molar-refractivity contribution in [1.82, 2.24) is 10.4 Å². The van der Waals surface area contributed by atoms with Gasteiger partial charge in [-0.1, -0.05) is 12.8 Å². The fourth-order valence-electron chi connectivity index (χ4n) is 2.47. The van der Waals surface area contributed by atoms with Crippen molar-refractivity contribution in [1.29, 1.82) is 0 Å². The molecular weight excluding hydrogens is 206 g/mol. The zero-order valence-electron chi connectivity index (χ0n) is 9.71. The standard InChI is InChI=1S/C11H21N3O2/c12-11(3-1-2-4-11)9-10(15)13-14-5-7-16-8-6-14/h1-9,12H2,(H,13,15). The smallest absolute Gasteiger partial charge is 0.236 e. The maximum absolute atomic E-state index is 11.8. The number of nitrogens with two attached hydrogens (primary N) is 1. The zero-order valence-corrected chi connectivity index (χ0v) is 9.71. The van der Waals surface area contributed by atoms with Crippen molar-refractivity contribution < 1.29 is 9.53 Å². The lowest BCUT2D eigenvalue weighted by atomic mass is 9.94. The van der Waals surface area contributed by atoms with E-state index in [-0.39, 0.29) is 11.4 Å². The van der Waals surface area contributed by atoms with E-state index in [0.717, 1.165) is 38.8 Å². The van der Waals surface area contributed by atoms with Crippen molar-refractivity contribution in [2.24, 2.45) is 5.73 Å². The number of nitrogens with zero attached hydrogens (tertiary/aromatic N) is 1. The van der Waals surface area contributed by atoms with Gasteiger partial charge < -0.3 is 10.5 Å². The molecule has 1 saturated heterocycles. The third-order valence-corrected chi connectivity index (χ3v) is 3.41. The number of carbonyl (C=O) groups is 1. The predicted octanol–water partition coefficient (Wildman–Crippen LogP) is 0.0114. The summed E-state index contributed by atoms with van der Waals surface area (Å²) < 4.78 is 5.22. The number of rotatable bonds is 3. The van der Waals surface area contributed by atoms with E-state index >= 15 is 0 Å². The Balaban J connectivity index is 1.74. The van der Waals surface area contributed by atoms with Crippen molar-refractivity contribution >= 4 is 5.91 Å². The molecule has 1 amide bonds. The highest BCUT2D eigenvalue weighted by molar-refractivity contribution is 5.76. The minimum atomic E-state index is -0.254. The molecule has 0 aromatic carbocycles. The maximum Gasteiger partial charge on any atom is 0.236 e. The lowest BCUT2D eigenvalue weighted by molar-refractivity contribution is -0.129. The molecule has 1 heterocycles. The van der Waals surface area contributed by atoms with Gasteiger partial charge in [0.05, 0.1) is 13.2 Å². The summed E-state index contributed by atoms with van der Waals surface area (Å²) in [5.41, 5.74) is 8.81. The highest BCUT2D eigenvalue weighted by Crippen LogP contribution is 2.29. The second-order valence-electron chi connectivity index (χ2n) is 4.88. The van der Waals surface area contributed by atoms with Gasteiger partial charge in [0.2, 0.25) is 5.91 Å². The van der Waals surface area contributed by atoms with E-state index in [2.05, 4.69) is 5.43 Å². The first-order valence-corrected chi connectivity index (χ1v) is 6.09. The number of hydrogen-bond donors (Lipinski definition) is 2. The van der Waals surface area contributed by atoms with Crippen LogP contribution in [-0.4, -0.2) is 42.8 Å². The predicted molar refractivity (Wildman–Crippen MR) is 60.5 cm³/mol. The second-order valence-corrected chi connectivity index (χ2v) is 4.88. The van der Waals surface area contributed by atoms with Gasteiger partial charge in [-0.15, -0.1) is 0 Å². The van der Waals surface area contributed by atoms with Crippen molar-refractivity contribution in [3.8, 4) is 0 Å². The van der Waals surface area contributed by atoms with Crippen LogP contribution in [0.1, 0.15) is 32.1 Å². The zero-order chi connectivity index (χ0) is 11.4. The van der Waals surface area contributed by atoms with Crippen LogP contribution in [0.5, 0.6) is 0 Å². The molecule has 16 heavy (non-hydrogen) atoms. The molecule has 0 radical (unpaired) electrons. The molecule has 0 aromatic heterocycles. The third kappa shape index (κ3) is 3.17. The molecule has 1 saturated carbocycles. The average molecular weight is 227 g/mol. The molecule has 1 aliphatic carbocycles. The Hall–Kier alpha value is -0.650. The van der Waals surface area contributed by atoms with Gasteiger partial charge in [0.25, 0.3) is 0 Å². The fourth-order valence-corrected chi connectivity index (χ4v) is 2.47. The van der Waals surface area contributed by atoms with E-state index in [9.17, 15) is 4.79 Å². The Bertz CT molecular complexity index is 246. The van der Waals surface area contributed by atoms with Crippen LogP contribution < -0.4 is 11.2 Å². The lowest BCUT2D eigenvalue weighted by Crippen LogP contribution is -2.51. The molecule has 1 aliphatic heterocycles. The van der Waals surface area contributed by atoms with Crippen LogP contribution >= 0.6 is 0 Å². The van der Waals surface area contributed by atoms with Crippen LogP contribution in [0.25, 0.3) is 0 Å². The molecular formula is C11H21N3O2. The highest BCUT2D eigenvalue weighted by atomic mass is 16.5. The van der Waals surface area contributed by atoms with Gasteiger partial charge in [0, 0.05) is 25.0 Å². The molecule has 5 heteroatoms. The Morgan fingerprint density at radius 2 is 1.94 bits per heavy atom. The number of carbonyl (C=O) groups excluding carboxylic acids is 1. The topological polar surface area (TPSA) is 67.6 Å². The van der Waals surface area contributed by atoms with E-state index in [1.165, 1.54) is 0 Å². The van der Waals surface area contributed by atoms with E-state index in [0.29, 0.717) is 19.6 Å². The van der Waals surface area contributed by atoms with Gasteiger partial charge >= 0.3 is 0 Å². The van der Waals surface area contributed by atoms with E-state index in [1.807, 2.05) is 5.01 Å². The first-order chi connectivity index (χ1) is 7.68. The van der Waals surface area contributed by atoms with Crippen LogP contribution in [0.2, 0.25) is 0 Å². The molecule has 0 unspecified atom stereocenters. The molecule has 3 N–H and O–H groups in total. The lowest BCUT2D eigenvalue weighted by Gasteiger charge is -2.29. The molecule has 2 aliphatic rings. The number of ether oxygens (including phenoxy) is 1. The SMILES string of the molecule is NC1(CC(=O)NN2CCOCC2)CCCC1. The summed E-state index contributed by atoms with van der Waals surface area (Å²) in [5, 5.41) is 1.92. The average Bonchev–Trinajstić information content (AvgIpc) is 2.66. The summed E-state index contributed by atoms with van der Waals surface area (Å²) in [6.07, 6.45) is 4.71. The maximum atomic E-state index is 11.8. The van der Waals surface area contributed by atoms with E-state index in [4.69, 9.17) is 10.5 Å². The summed E-state index contributed by atoms with van der Waals surface area (Å²) in [4.78, 5) is 11.8. The summed E-state index contributed by atoms with van der Waals surface area (Å²) in [6, 6.07) is 0. The molecule has 0 spiro atoms. The van der Waals surface area contributed by atoms with Gasteiger partial charge in [-0.2, -0.15) is 0 Å². The fraction of sp³-hybridized carbons (Fsp3) is 0.909. The molecule has 0 bridgehead atoms. The molecule has 5 nitrogen and oxygen atoms in total. The number of amides is 1. The molecule has 92 valence electrons. The monoisotopic (exact) mass is 227 g/mol. The van der Waals surface area contributed by atoms with Gasteiger partial charge in [-0.05, 0) is 12.8 Å². The molecule has 2 fully saturated rings. The van der Waals surface area contributed by atoms with Gasteiger partial charge in [-0.3, -0.25) is 10.2 Å². The summed E-state index contributed by atoms with van der Waals surface area (Å²) in [5.74, 6) is 0.0475. The molecule has 2 rings (SSSR count). The van der Waals surface area contributed by atoms with Crippen molar-refractivity contribution in [2.75, 3.05) is 26.3 Å². The molecule has 0 atom stereocenters. The van der Waals surface area contributed by atoms with Crippen molar-refractivity contribution in [3.05, 3.63) is 0 Å². The largest absolute Gasteiger partial charge is 0.379 e. The minimum Gasteiger partial charge on any atom is -0.379 e. The molecule has 0 aromatic rings. The van der Waals surface area contributed by atoms with Crippen molar-refractivity contribution in [3.63, 3.8) is 0 Å². The highest BCUT2D eigenvalue weighted by Gasteiger charge is 2.32. The second kappa shape index (κ2) is 5.12. The summed E-state index contributed by atoms with van der Waals surface area (Å²) >= 11 is 0. The number of morpholine rings is 1. The van der Waals surface area contributed by atoms with Gasteiger partial charge in [-0.25, -0.2) is 5.01 Å². The minimum absolute atomic E-state index is 0.0475. The Labute approximate surface area is 96.3 Å². The number of hydrazine groups is 1. The van der Waals surface area contributed by atoms with Crippen LogP contribution in [0.3, 0.4) is 0 Å². The van der Waals surface area contributed by atoms with E-state index < -0.39 is 0 Å². The summed E-state index contributed by atoms with van der Waals surface area (Å²) in [7, 11) is 0. The summed E-state index contributed by atoms with van der Waals surface area (Å²) in [6.45, 7) is 2.91. The first-order valence-electron chi connectivity index (χ1n) is 6.09. The van der Waals surface area contributed by atoms with Crippen molar-refractivity contribution in [2.45, 2.75) is 37.6 Å². The first kappa shape index (κ1) is 11.8.